The van der Waals surface area contributed by atoms with Gasteiger partial charge in [0.05, 0.1) is 5.52 Å². The topological polar surface area (TPSA) is 43.0 Å². The zero-order chi connectivity index (χ0) is 10.8. The Morgan fingerprint density at radius 2 is 2.13 bits per heavy atom. The van der Waals surface area contributed by atoms with Gasteiger partial charge in [-0.05, 0) is 24.7 Å². The van der Waals surface area contributed by atoms with Crippen LogP contribution < -0.4 is 11.1 Å². The zero-order valence-electron chi connectivity index (χ0n) is 9.25. The summed E-state index contributed by atoms with van der Waals surface area (Å²) in [6.07, 6.45) is 0. The van der Waals surface area contributed by atoms with Gasteiger partial charge in [-0.15, -0.1) is 0 Å². The summed E-state index contributed by atoms with van der Waals surface area (Å²) in [6.45, 7) is 4.01. The van der Waals surface area contributed by atoms with E-state index in [9.17, 15) is 0 Å². The van der Waals surface area contributed by atoms with Crippen molar-refractivity contribution in [1.82, 2.24) is 9.88 Å². The minimum absolute atomic E-state index is 0.818. The molecule has 1 heterocycles. The summed E-state index contributed by atoms with van der Waals surface area (Å²) in [5, 5.41) is 4.58. The molecule has 0 atom stereocenters. The van der Waals surface area contributed by atoms with E-state index >= 15 is 0 Å². The molecule has 0 saturated carbocycles. The van der Waals surface area contributed by atoms with Crippen molar-refractivity contribution in [3.63, 3.8) is 0 Å². The van der Waals surface area contributed by atoms with Gasteiger partial charge in [-0.1, -0.05) is 13.0 Å². The first-order valence-corrected chi connectivity index (χ1v) is 5.27. The van der Waals surface area contributed by atoms with Crippen LogP contribution in [0.15, 0.2) is 24.3 Å². The van der Waals surface area contributed by atoms with E-state index in [1.54, 1.807) is 0 Å². The molecular formula is C12H17N3. The molecule has 3 N–H and O–H groups in total. The van der Waals surface area contributed by atoms with E-state index < -0.39 is 0 Å². The smallest absolute Gasteiger partial charge is 0.0500 e. The maximum Gasteiger partial charge on any atom is 0.0500 e. The molecule has 80 valence electrons. The number of anilines is 1. The summed E-state index contributed by atoms with van der Waals surface area (Å²) in [7, 11) is 2.08. The van der Waals surface area contributed by atoms with Gasteiger partial charge in [0.15, 0.2) is 0 Å². The molecule has 0 fully saturated rings. The molecule has 0 spiro atoms. The molecule has 3 nitrogen and oxygen atoms in total. The van der Waals surface area contributed by atoms with E-state index in [4.69, 9.17) is 5.73 Å². The predicted molar refractivity (Wildman–Crippen MR) is 64.7 cm³/mol. The highest BCUT2D eigenvalue weighted by Crippen LogP contribution is 2.21. The molecule has 0 bridgehead atoms. The first-order valence-electron chi connectivity index (χ1n) is 5.27. The molecule has 2 aromatic rings. The van der Waals surface area contributed by atoms with Crippen molar-refractivity contribution in [2.45, 2.75) is 13.5 Å². The molecule has 0 aliphatic heterocycles. The second kappa shape index (κ2) is 3.95. The largest absolute Gasteiger partial charge is 0.399 e. The van der Waals surface area contributed by atoms with Crippen molar-refractivity contribution in [3.8, 4) is 0 Å². The average molecular weight is 203 g/mol. The number of aryl methyl sites for hydroxylation is 1. The van der Waals surface area contributed by atoms with Crippen molar-refractivity contribution in [3.05, 3.63) is 30.0 Å². The molecule has 1 aromatic heterocycles. The van der Waals surface area contributed by atoms with Gasteiger partial charge in [-0.2, -0.15) is 0 Å². The van der Waals surface area contributed by atoms with Gasteiger partial charge < -0.3 is 15.6 Å². The quantitative estimate of drug-likeness (QED) is 0.748. The Kier molecular flexibility index (Phi) is 2.64. The van der Waals surface area contributed by atoms with E-state index in [1.807, 2.05) is 12.1 Å². The number of fused-ring (bicyclic) bond motifs is 1. The molecule has 0 aliphatic rings. The van der Waals surface area contributed by atoms with E-state index in [0.717, 1.165) is 18.8 Å². The summed E-state index contributed by atoms with van der Waals surface area (Å²) < 4.78 is 2.19. The first-order chi connectivity index (χ1) is 7.22. The number of nitrogens with two attached hydrogens (primary N) is 1. The summed E-state index contributed by atoms with van der Waals surface area (Å²) >= 11 is 0. The van der Waals surface area contributed by atoms with Crippen LogP contribution in [0.25, 0.3) is 10.9 Å². The standard InChI is InChI=1S/C12H17N3/c1-3-14-8-11-6-9-4-5-10(13)7-12(9)15(11)2/h4-7,14H,3,8,13H2,1-2H3. The lowest BCUT2D eigenvalue weighted by Gasteiger charge is -2.04. The second-order valence-corrected chi connectivity index (χ2v) is 3.79. The zero-order valence-corrected chi connectivity index (χ0v) is 9.25. The number of hydrogen-bond donors (Lipinski definition) is 2. The molecule has 2 rings (SSSR count). The van der Waals surface area contributed by atoms with Crippen LogP contribution in [0.4, 0.5) is 5.69 Å². The highest BCUT2D eigenvalue weighted by Gasteiger charge is 2.04. The average Bonchev–Trinajstić information content (AvgIpc) is 2.53. The van der Waals surface area contributed by atoms with Gasteiger partial charge in [0.25, 0.3) is 0 Å². The number of hydrogen-bond acceptors (Lipinski definition) is 2. The molecule has 3 heteroatoms. The van der Waals surface area contributed by atoms with E-state index in [2.05, 4.69) is 36.0 Å². The third-order valence-electron chi connectivity index (χ3n) is 2.72. The van der Waals surface area contributed by atoms with E-state index in [0.29, 0.717) is 0 Å². The van der Waals surface area contributed by atoms with Crippen molar-refractivity contribution in [2.75, 3.05) is 12.3 Å². The van der Waals surface area contributed by atoms with Crippen molar-refractivity contribution < 1.29 is 0 Å². The molecule has 15 heavy (non-hydrogen) atoms. The summed E-state index contributed by atoms with van der Waals surface area (Å²) in [4.78, 5) is 0. The lowest BCUT2D eigenvalue weighted by atomic mass is 10.2. The third-order valence-corrected chi connectivity index (χ3v) is 2.72. The van der Waals surface area contributed by atoms with Gasteiger partial charge in [0, 0.05) is 30.4 Å². The molecule has 1 aromatic carbocycles. The van der Waals surface area contributed by atoms with Crippen molar-refractivity contribution in [1.29, 1.82) is 0 Å². The van der Waals surface area contributed by atoms with E-state index in [-0.39, 0.29) is 0 Å². The fourth-order valence-electron chi connectivity index (χ4n) is 1.83. The molecule has 0 unspecified atom stereocenters. The summed E-state index contributed by atoms with van der Waals surface area (Å²) in [5.41, 5.74) is 9.08. The summed E-state index contributed by atoms with van der Waals surface area (Å²) in [6, 6.07) is 8.24. The Labute approximate surface area is 89.9 Å². The number of aromatic nitrogens is 1. The maximum atomic E-state index is 5.77. The minimum atomic E-state index is 0.818. The fraction of sp³-hybridized carbons (Fsp3) is 0.333. The van der Waals surface area contributed by atoms with Gasteiger partial charge in [0.2, 0.25) is 0 Å². The Balaban J connectivity index is 2.45. The Morgan fingerprint density at radius 1 is 1.33 bits per heavy atom. The van der Waals surface area contributed by atoms with Crippen LogP contribution in [-0.2, 0) is 13.6 Å². The number of nitrogens with zero attached hydrogens (tertiary/aromatic N) is 1. The highest BCUT2D eigenvalue weighted by atomic mass is 15.0. The first kappa shape index (κ1) is 10.1. The van der Waals surface area contributed by atoms with E-state index in [1.165, 1.54) is 16.6 Å². The number of rotatable bonds is 3. The maximum absolute atomic E-state index is 5.77. The number of benzene rings is 1. The highest BCUT2D eigenvalue weighted by molar-refractivity contribution is 5.84. The van der Waals surface area contributed by atoms with Crippen LogP contribution in [0.2, 0.25) is 0 Å². The number of nitrogen functional groups attached to an aromatic ring is 1. The van der Waals surface area contributed by atoms with Crippen molar-refractivity contribution in [2.24, 2.45) is 7.05 Å². The molecular weight excluding hydrogens is 186 g/mol. The molecule has 0 radical (unpaired) electrons. The lowest BCUT2D eigenvalue weighted by molar-refractivity contribution is 0.686. The normalized spacial score (nSPS) is 11.1. The van der Waals surface area contributed by atoms with Gasteiger partial charge in [-0.3, -0.25) is 0 Å². The van der Waals surface area contributed by atoms with Crippen LogP contribution in [0.3, 0.4) is 0 Å². The SMILES string of the molecule is CCNCc1cc2ccc(N)cc2n1C. The Hall–Kier alpha value is -1.48. The number of nitrogens with one attached hydrogen (secondary N) is 1. The minimum Gasteiger partial charge on any atom is -0.399 e. The summed E-state index contributed by atoms with van der Waals surface area (Å²) in [5.74, 6) is 0. The van der Waals surface area contributed by atoms with Gasteiger partial charge in [0.1, 0.15) is 0 Å². The third kappa shape index (κ3) is 1.83. The molecule has 0 aliphatic carbocycles. The molecule has 0 amide bonds. The van der Waals surface area contributed by atoms with Crippen LogP contribution in [0.1, 0.15) is 12.6 Å². The van der Waals surface area contributed by atoms with Crippen LogP contribution in [0.5, 0.6) is 0 Å². The lowest BCUT2D eigenvalue weighted by Crippen LogP contribution is -2.14. The Bertz CT molecular complexity index is 471. The second-order valence-electron chi connectivity index (χ2n) is 3.79. The van der Waals surface area contributed by atoms with Gasteiger partial charge in [-0.25, -0.2) is 0 Å². The predicted octanol–water partition coefficient (Wildman–Crippen LogP) is 1.87. The monoisotopic (exact) mass is 203 g/mol. The Morgan fingerprint density at radius 3 is 2.87 bits per heavy atom. The van der Waals surface area contributed by atoms with Crippen molar-refractivity contribution >= 4 is 16.6 Å². The fourth-order valence-corrected chi connectivity index (χ4v) is 1.83. The molecule has 0 saturated heterocycles. The van der Waals surface area contributed by atoms with Gasteiger partial charge >= 0.3 is 0 Å². The van der Waals surface area contributed by atoms with Crippen LogP contribution >= 0.6 is 0 Å². The van der Waals surface area contributed by atoms with Crippen LogP contribution in [-0.4, -0.2) is 11.1 Å². The van der Waals surface area contributed by atoms with Crippen LogP contribution in [0, 0.1) is 0 Å².